The average molecular weight is 427 g/mol. The van der Waals surface area contributed by atoms with Crippen LogP contribution in [-0.2, 0) is 18.7 Å². The largest absolute Gasteiger partial charge is 0.413 e. The van der Waals surface area contributed by atoms with Crippen LogP contribution in [0.5, 0.6) is 0 Å². The molecule has 0 fully saturated rings. The molecule has 0 heterocycles. The summed E-state index contributed by atoms with van der Waals surface area (Å²) in [6, 6.07) is 0. The molecule has 0 aromatic heterocycles. The standard InChI is InChI=1S/C24H46O4Si/c1-12-26-22(6)27-14-13-18(2)15-20(4)23(21(5)16-19(3)17-25)28-29(10,11)24(7,8)9/h13,16-17,20-23H,12,14-15H2,1-11H3/b18-13+,19-16+/t20-,21+,22?,23-/m0/s1. The Labute approximate surface area is 181 Å². The van der Waals surface area contributed by atoms with Crippen LogP contribution in [0, 0.1) is 11.8 Å². The first-order chi connectivity index (χ1) is 13.2. The lowest BCUT2D eigenvalue weighted by Gasteiger charge is -2.42. The van der Waals surface area contributed by atoms with Crippen LogP contribution in [0.15, 0.2) is 23.3 Å². The summed E-state index contributed by atoms with van der Waals surface area (Å²) in [7, 11) is -1.93. The molecular weight excluding hydrogens is 380 g/mol. The summed E-state index contributed by atoms with van der Waals surface area (Å²) in [5, 5.41) is 0.141. The second kappa shape index (κ2) is 12.8. The first kappa shape index (κ1) is 28.2. The zero-order valence-corrected chi connectivity index (χ0v) is 21.8. The third-order valence-electron chi connectivity index (χ3n) is 5.84. The predicted molar refractivity (Wildman–Crippen MR) is 126 cm³/mol. The van der Waals surface area contributed by atoms with Crippen molar-refractivity contribution in [3.63, 3.8) is 0 Å². The topological polar surface area (TPSA) is 44.8 Å². The number of hydrogen-bond donors (Lipinski definition) is 0. The maximum absolute atomic E-state index is 11.1. The molecule has 0 bridgehead atoms. The minimum Gasteiger partial charge on any atom is -0.413 e. The highest BCUT2D eigenvalue weighted by molar-refractivity contribution is 6.74. The van der Waals surface area contributed by atoms with E-state index in [1.807, 2.05) is 26.8 Å². The lowest BCUT2D eigenvalue weighted by Crippen LogP contribution is -2.47. The zero-order valence-electron chi connectivity index (χ0n) is 20.8. The summed E-state index contributed by atoms with van der Waals surface area (Å²) in [6.45, 7) is 24.9. The van der Waals surface area contributed by atoms with E-state index in [1.165, 1.54) is 5.57 Å². The highest BCUT2D eigenvalue weighted by Gasteiger charge is 2.41. The Morgan fingerprint density at radius 1 is 1.07 bits per heavy atom. The molecule has 0 saturated carbocycles. The van der Waals surface area contributed by atoms with Crippen LogP contribution >= 0.6 is 0 Å². The Morgan fingerprint density at radius 2 is 1.66 bits per heavy atom. The number of allylic oxidation sites excluding steroid dienone is 2. The van der Waals surface area contributed by atoms with Crippen LogP contribution in [0.3, 0.4) is 0 Å². The monoisotopic (exact) mass is 426 g/mol. The number of aldehydes is 1. The van der Waals surface area contributed by atoms with E-state index in [4.69, 9.17) is 13.9 Å². The fourth-order valence-corrected chi connectivity index (χ4v) is 4.60. The van der Waals surface area contributed by atoms with E-state index in [-0.39, 0.29) is 23.4 Å². The van der Waals surface area contributed by atoms with Gasteiger partial charge in [-0.25, -0.2) is 0 Å². The van der Waals surface area contributed by atoms with Gasteiger partial charge in [0.15, 0.2) is 14.6 Å². The van der Waals surface area contributed by atoms with Crippen molar-refractivity contribution in [3.8, 4) is 0 Å². The number of ether oxygens (including phenoxy) is 2. The van der Waals surface area contributed by atoms with Gasteiger partial charge in [-0.2, -0.15) is 0 Å². The highest BCUT2D eigenvalue weighted by Crippen LogP contribution is 2.40. The van der Waals surface area contributed by atoms with Gasteiger partial charge in [-0.1, -0.05) is 52.3 Å². The van der Waals surface area contributed by atoms with Crippen molar-refractivity contribution in [1.82, 2.24) is 0 Å². The summed E-state index contributed by atoms with van der Waals surface area (Å²) < 4.78 is 17.9. The van der Waals surface area contributed by atoms with Gasteiger partial charge in [0, 0.05) is 6.61 Å². The third kappa shape index (κ3) is 10.7. The van der Waals surface area contributed by atoms with Crippen LogP contribution in [0.4, 0.5) is 0 Å². The predicted octanol–water partition coefficient (Wildman–Crippen LogP) is 6.53. The molecule has 0 spiro atoms. The zero-order chi connectivity index (χ0) is 22.8. The summed E-state index contributed by atoms with van der Waals surface area (Å²) >= 11 is 0. The normalized spacial score (nSPS) is 18.3. The molecule has 0 N–H and O–H groups in total. The second-order valence-electron chi connectivity index (χ2n) is 9.82. The van der Waals surface area contributed by atoms with Gasteiger partial charge in [-0.15, -0.1) is 0 Å². The molecule has 170 valence electrons. The molecule has 1 unspecified atom stereocenters. The van der Waals surface area contributed by atoms with E-state index >= 15 is 0 Å². The van der Waals surface area contributed by atoms with Crippen molar-refractivity contribution >= 4 is 14.6 Å². The molecule has 4 nitrogen and oxygen atoms in total. The van der Waals surface area contributed by atoms with Gasteiger partial charge in [-0.05, 0) is 69.7 Å². The van der Waals surface area contributed by atoms with E-state index in [1.54, 1.807) is 0 Å². The van der Waals surface area contributed by atoms with Crippen molar-refractivity contribution in [2.45, 2.75) is 99.3 Å². The SMILES string of the molecule is CCOC(C)OC/C=C(\C)C[C@H](C)[C@H](O[Si](C)(C)C(C)(C)C)[C@H](C)/C=C(\C)C=O. The van der Waals surface area contributed by atoms with E-state index in [2.05, 4.69) is 60.7 Å². The van der Waals surface area contributed by atoms with Crippen molar-refractivity contribution in [2.75, 3.05) is 13.2 Å². The number of carbonyl (C=O) groups excluding carboxylic acids is 1. The Balaban J connectivity index is 5.32. The van der Waals surface area contributed by atoms with Gasteiger partial charge in [0.1, 0.15) is 6.29 Å². The van der Waals surface area contributed by atoms with Gasteiger partial charge in [-0.3, -0.25) is 4.79 Å². The van der Waals surface area contributed by atoms with Crippen molar-refractivity contribution < 1.29 is 18.7 Å². The quantitative estimate of drug-likeness (QED) is 0.110. The number of rotatable bonds is 13. The Hall–Kier alpha value is -0.753. The molecule has 0 aliphatic carbocycles. The van der Waals surface area contributed by atoms with Crippen molar-refractivity contribution in [2.24, 2.45) is 11.8 Å². The average Bonchev–Trinajstić information content (AvgIpc) is 2.58. The van der Waals surface area contributed by atoms with E-state index in [0.29, 0.717) is 19.1 Å². The van der Waals surface area contributed by atoms with Crippen LogP contribution < -0.4 is 0 Å². The lowest BCUT2D eigenvalue weighted by atomic mass is 9.88. The van der Waals surface area contributed by atoms with Crippen LogP contribution in [0.25, 0.3) is 0 Å². The third-order valence-corrected chi connectivity index (χ3v) is 10.3. The molecule has 0 rings (SSSR count). The maximum atomic E-state index is 11.1. The molecule has 0 saturated heterocycles. The van der Waals surface area contributed by atoms with Gasteiger partial charge in [0.25, 0.3) is 0 Å². The van der Waals surface area contributed by atoms with E-state index < -0.39 is 8.32 Å². The molecular formula is C24H46O4Si. The summed E-state index contributed by atoms with van der Waals surface area (Å²) in [4.78, 5) is 11.1. The van der Waals surface area contributed by atoms with Gasteiger partial charge < -0.3 is 13.9 Å². The van der Waals surface area contributed by atoms with E-state index in [9.17, 15) is 4.79 Å². The van der Waals surface area contributed by atoms with Crippen LogP contribution in [0.2, 0.25) is 18.1 Å². The fraction of sp³-hybridized carbons (Fsp3) is 0.792. The summed E-state index contributed by atoms with van der Waals surface area (Å²) in [5.41, 5.74) is 2.05. The second-order valence-corrected chi connectivity index (χ2v) is 14.6. The maximum Gasteiger partial charge on any atom is 0.192 e. The molecule has 29 heavy (non-hydrogen) atoms. The van der Waals surface area contributed by atoms with E-state index in [0.717, 1.165) is 18.3 Å². The minimum absolute atomic E-state index is 0.0670. The molecule has 0 radical (unpaired) electrons. The first-order valence-electron chi connectivity index (χ1n) is 10.9. The molecule has 0 aliphatic heterocycles. The van der Waals surface area contributed by atoms with Crippen LogP contribution in [-0.4, -0.2) is 40.2 Å². The molecule has 0 amide bonds. The fourth-order valence-electron chi connectivity index (χ4n) is 3.12. The van der Waals surface area contributed by atoms with Crippen molar-refractivity contribution in [1.29, 1.82) is 0 Å². The molecule has 0 aliphatic rings. The Bertz CT molecular complexity index is 546. The molecule has 0 aromatic carbocycles. The number of carbonyl (C=O) groups is 1. The lowest BCUT2D eigenvalue weighted by molar-refractivity contribution is -0.118. The molecule has 4 atom stereocenters. The first-order valence-corrected chi connectivity index (χ1v) is 13.9. The number of hydrogen-bond acceptors (Lipinski definition) is 4. The Kier molecular flexibility index (Phi) is 12.5. The van der Waals surface area contributed by atoms with Crippen molar-refractivity contribution in [3.05, 3.63) is 23.3 Å². The summed E-state index contributed by atoms with van der Waals surface area (Å²) in [5.74, 6) is 0.502. The highest BCUT2D eigenvalue weighted by atomic mass is 28.4. The molecule has 5 heteroatoms. The Morgan fingerprint density at radius 3 is 2.14 bits per heavy atom. The molecule has 0 aromatic rings. The smallest absolute Gasteiger partial charge is 0.192 e. The minimum atomic E-state index is -1.93. The van der Waals surface area contributed by atoms with Crippen LogP contribution in [0.1, 0.15) is 68.7 Å². The van der Waals surface area contributed by atoms with Gasteiger partial charge in [0.2, 0.25) is 0 Å². The van der Waals surface area contributed by atoms with Gasteiger partial charge >= 0.3 is 0 Å². The summed E-state index contributed by atoms with van der Waals surface area (Å²) in [6.07, 6.45) is 5.92. The van der Waals surface area contributed by atoms with Gasteiger partial charge in [0.05, 0.1) is 12.7 Å².